The molecule has 0 heterocycles. The SMILES string of the molecule is CC(C)C(O)CCNS(=O)(=O)Cc1ccc(F)cc1F. The minimum atomic E-state index is -3.71. The number of aliphatic hydroxyl groups excluding tert-OH is 1. The van der Waals surface area contributed by atoms with Gasteiger partial charge in [-0.05, 0) is 18.4 Å². The van der Waals surface area contributed by atoms with Crippen molar-refractivity contribution in [1.29, 1.82) is 0 Å². The Labute approximate surface area is 117 Å². The Hall–Kier alpha value is -1.05. The molecule has 1 aromatic rings. The highest BCUT2D eigenvalue weighted by atomic mass is 32.2. The lowest BCUT2D eigenvalue weighted by Crippen LogP contribution is -2.30. The molecule has 1 unspecified atom stereocenters. The highest BCUT2D eigenvalue weighted by molar-refractivity contribution is 7.88. The minimum Gasteiger partial charge on any atom is -0.393 e. The lowest BCUT2D eigenvalue weighted by Gasteiger charge is -2.14. The molecule has 20 heavy (non-hydrogen) atoms. The molecule has 0 aromatic heterocycles. The van der Waals surface area contributed by atoms with Crippen LogP contribution >= 0.6 is 0 Å². The van der Waals surface area contributed by atoms with E-state index in [1.165, 1.54) is 0 Å². The van der Waals surface area contributed by atoms with E-state index in [9.17, 15) is 22.3 Å². The topological polar surface area (TPSA) is 66.4 Å². The van der Waals surface area contributed by atoms with Crippen LogP contribution in [-0.2, 0) is 15.8 Å². The summed E-state index contributed by atoms with van der Waals surface area (Å²) in [5.41, 5.74) is -0.0942. The molecule has 0 radical (unpaired) electrons. The van der Waals surface area contributed by atoms with E-state index in [-0.39, 0.29) is 24.4 Å². The monoisotopic (exact) mass is 307 g/mol. The van der Waals surface area contributed by atoms with Crippen LogP contribution in [0.4, 0.5) is 8.78 Å². The van der Waals surface area contributed by atoms with Crippen molar-refractivity contribution < 1.29 is 22.3 Å². The second-order valence-electron chi connectivity index (χ2n) is 4.99. The summed E-state index contributed by atoms with van der Waals surface area (Å²) in [6.45, 7) is 3.73. The fourth-order valence-corrected chi connectivity index (χ4v) is 2.76. The summed E-state index contributed by atoms with van der Waals surface area (Å²) in [4.78, 5) is 0. The standard InChI is InChI=1S/C13H19F2NO3S/c1-9(2)13(17)5-6-16-20(18,19)8-10-3-4-11(14)7-12(10)15/h3-4,7,9,13,16-17H,5-6,8H2,1-2H3. The van der Waals surface area contributed by atoms with Gasteiger partial charge in [-0.2, -0.15) is 0 Å². The number of rotatable bonds is 7. The lowest BCUT2D eigenvalue weighted by molar-refractivity contribution is 0.118. The van der Waals surface area contributed by atoms with Crippen LogP contribution in [0.25, 0.3) is 0 Å². The van der Waals surface area contributed by atoms with Crippen LogP contribution in [0.5, 0.6) is 0 Å². The molecule has 0 saturated carbocycles. The lowest BCUT2D eigenvalue weighted by atomic mass is 10.1. The van der Waals surface area contributed by atoms with E-state index in [2.05, 4.69) is 4.72 Å². The Kier molecular flexibility index (Phi) is 6.04. The van der Waals surface area contributed by atoms with Crippen LogP contribution in [0.15, 0.2) is 18.2 Å². The molecule has 1 atom stereocenters. The molecule has 0 fully saturated rings. The highest BCUT2D eigenvalue weighted by Crippen LogP contribution is 2.12. The predicted molar refractivity (Wildman–Crippen MR) is 72.4 cm³/mol. The molecule has 0 saturated heterocycles. The average molecular weight is 307 g/mol. The zero-order chi connectivity index (χ0) is 15.3. The van der Waals surface area contributed by atoms with Crippen LogP contribution in [-0.4, -0.2) is 26.2 Å². The Morgan fingerprint density at radius 3 is 2.50 bits per heavy atom. The second-order valence-corrected chi connectivity index (χ2v) is 6.80. The maximum atomic E-state index is 13.4. The van der Waals surface area contributed by atoms with E-state index in [1.54, 1.807) is 0 Å². The van der Waals surface area contributed by atoms with E-state index < -0.39 is 33.5 Å². The summed E-state index contributed by atoms with van der Waals surface area (Å²) in [5.74, 6) is -2.17. The maximum absolute atomic E-state index is 13.4. The Balaban J connectivity index is 2.57. The van der Waals surface area contributed by atoms with Crippen molar-refractivity contribution in [3.8, 4) is 0 Å². The maximum Gasteiger partial charge on any atom is 0.215 e. The van der Waals surface area contributed by atoms with E-state index in [0.29, 0.717) is 6.07 Å². The molecule has 0 aliphatic rings. The molecule has 0 aliphatic carbocycles. The van der Waals surface area contributed by atoms with E-state index in [0.717, 1.165) is 12.1 Å². The van der Waals surface area contributed by atoms with Gasteiger partial charge in [0.2, 0.25) is 10.0 Å². The first-order chi connectivity index (χ1) is 9.21. The van der Waals surface area contributed by atoms with Gasteiger partial charge in [-0.1, -0.05) is 19.9 Å². The Morgan fingerprint density at radius 2 is 1.95 bits per heavy atom. The van der Waals surface area contributed by atoms with Crippen LogP contribution in [0.2, 0.25) is 0 Å². The van der Waals surface area contributed by atoms with Crippen molar-refractivity contribution >= 4 is 10.0 Å². The molecule has 0 aliphatic heterocycles. The number of aliphatic hydroxyl groups is 1. The number of benzene rings is 1. The number of hydrogen-bond acceptors (Lipinski definition) is 3. The van der Waals surface area contributed by atoms with Crippen molar-refractivity contribution in [3.05, 3.63) is 35.4 Å². The summed E-state index contributed by atoms with van der Waals surface area (Å²) in [5, 5.41) is 9.55. The molecular formula is C13H19F2NO3S. The molecule has 1 aromatic carbocycles. The van der Waals surface area contributed by atoms with Gasteiger partial charge in [0.1, 0.15) is 11.6 Å². The van der Waals surface area contributed by atoms with Gasteiger partial charge in [0.25, 0.3) is 0 Å². The Bertz CT molecular complexity index is 547. The summed E-state index contributed by atoms with van der Waals surface area (Å²) in [6, 6.07) is 2.76. The molecule has 7 heteroatoms. The van der Waals surface area contributed by atoms with Crippen molar-refractivity contribution in [2.45, 2.75) is 32.1 Å². The third-order valence-corrected chi connectivity index (χ3v) is 4.23. The minimum absolute atomic E-state index is 0.0362. The van der Waals surface area contributed by atoms with Gasteiger partial charge < -0.3 is 5.11 Å². The van der Waals surface area contributed by atoms with Crippen molar-refractivity contribution in [3.63, 3.8) is 0 Å². The normalized spacial score (nSPS) is 13.7. The van der Waals surface area contributed by atoms with E-state index >= 15 is 0 Å². The van der Waals surface area contributed by atoms with Crippen LogP contribution in [0.1, 0.15) is 25.8 Å². The fourth-order valence-electron chi connectivity index (χ4n) is 1.59. The second kappa shape index (κ2) is 7.10. The highest BCUT2D eigenvalue weighted by Gasteiger charge is 2.16. The molecule has 1 rings (SSSR count). The predicted octanol–water partition coefficient (Wildman–Crippen LogP) is 1.79. The molecule has 114 valence electrons. The van der Waals surface area contributed by atoms with Crippen molar-refractivity contribution in [1.82, 2.24) is 4.72 Å². The van der Waals surface area contributed by atoms with Crippen LogP contribution in [0.3, 0.4) is 0 Å². The van der Waals surface area contributed by atoms with Crippen molar-refractivity contribution in [2.75, 3.05) is 6.54 Å². The van der Waals surface area contributed by atoms with Gasteiger partial charge >= 0.3 is 0 Å². The van der Waals surface area contributed by atoms with Gasteiger partial charge in [-0.15, -0.1) is 0 Å². The van der Waals surface area contributed by atoms with Gasteiger partial charge in [0.05, 0.1) is 11.9 Å². The molecule has 4 nitrogen and oxygen atoms in total. The third-order valence-electron chi connectivity index (χ3n) is 2.89. The summed E-state index contributed by atoms with van der Waals surface area (Å²) in [7, 11) is -3.71. The molecule has 0 bridgehead atoms. The molecular weight excluding hydrogens is 288 g/mol. The van der Waals surface area contributed by atoms with Crippen molar-refractivity contribution in [2.24, 2.45) is 5.92 Å². The van der Waals surface area contributed by atoms with E-state index in [1.807, 2.05) is 13.8 Å². The Morgan fingerprint density at radius 1 is 1.30 bits per heavy atom. The van der Waals surface area contributed by atoms with Gasteiger partial charge in [0.15, 0.2) is 0 Å². The third kappa shape index (κ3) is 5.52. The van der Waals surface area contributed by atoms with Gasteiger partial charge in [-0.3, -0.25) is 0 Å². The van der Waals surface area contributed by atoms with Gasteiger partial charge in [0, 0.05) is 18.2 Å². The summed E-state index contributed by atoms with van der Waals surface area (Å²) < 4.78 is 51.8. The average Bonchev–Trinajstić information content (AvgIpc) is 2.32. The zero-order valence-corrected chi connectivity index (χ0v) is 12.3. The zero-order valence-electron chi connectivity index (χ0n) is 11.4. The fraction of sp³-hybridized carbons (Fsp3) is 0.538. The summed E-state index contributed by atoms with van der Waals surface area (Å²) in [6.07, 6.45) is -0.316. The molecule has 0 amide bonds. The number of sulfonamides is 1. The number of nitrogens with one attached hydrogen (secondary N) is 1. The van der Waals surface area contributed by atoms with Crippen LogP contribution in [0, 0.1) is 17.6 Å². The smallest absolute Gasteiger partial charge is 0.215 e. The first kappa shape index (κ1) is 17.0. The van der Waals surface area contributed by atoms with Crippen LogP contribution < -0.4 is 4.72 Å². The first-order valence-corrected chi connectivity index (χ1v) is 7.96. The number of hydrogen-bond donors (Lipinski definition) is 2. The summed E-state index contributed by atoms with van der Waals surface area (Å²) >= 11 is 0. The van der Waals surface area contributed by atoms with Gasteiger partial charge in [-0.25, -0.2) is 21.9 Å². The van der Waals surface area contributed by atoms with E-state index in [4.69, 9.17) is 0 Å². The molecule has 2 N–H and O–H groups in total. The molecule has 0 spiro atoms. The largest absolute Gasteiger partial charge is 0.393 e. The number of halogens is 2. The first-order valence-electron chi connectivity index (χ1n) is 6.30. The quantitative estimate of drug-likeness (QED) is 0.807.